The molecule has 0 fully saturated rings. The minimum Gasteiger partial charge on any atom is -0.409 e. The summed E-state index contributed by atoms with van der Waals surface area (Å²) in [5.41, 5.74) is 5.32. The number of nitrogens with two attached hydrogens (primary N) is 1. The van der Waals surface area contributed by atoms with Crippen molar-refractivity contribution in [2.75, 3.05) is 33.7 Å². The van der Waals surface area contributed by atoms with E-state index in [2.05, 4.69) is 15.8 Å². The van der Waals surface area contributed by atoms with E-state index in [0.29, 0.717) is 13.0 Å². The number of rotatable bonds is 8. The molecule has 0 unspecified atom stereocenters. The van der Waals surface area contributed by atoms with Gasteiger partial charge < -0.3 is 26.5 Å². The summed E-state index contributed by atoms with van der Waals surface area (Å²) in [4.78, 5) is 12.6. The van der Waals surface area contributed by atoms with Crippen molar-refractivity contribution in [2.24, 2.45) is 10.9 Å². The van der Waals surface area contributed by atoms with E-state index >= 15 is 0 Å². The normalized spacial score (nSPS) is 11.3. The highest BCUT2D eigenvalue weighted by molar-refractivity contribution is 5.79. The van der Waals surface area contributed by atoms with Crippen molar-refractivity contribution in [1.82, 2.24) is 15.5 Å². The second-order valence-corrected chi connectivity index (χ2v) is 3.92. The molecule has 0 aliphatic rings. The summed E-state index contributed by atoms with van der Waals surface area (Å²) in [6.07, 6.45) is 2.44. The van der Waals surface area contributed by atoms with Crippen LogP contribution in [0.2, 0.25) is 0 Å². The van der Waals surface area contributed by atoms with Crippen LogP contribution in [0.1, 0.15) is 19.3 Å². The Morgan fingerprint density at radius 1 is 1.29 bits per heavy atom. The lowest BCUT2D eigenvalue weighted by atomic mass is 10.2. The number of carbonyl (C=O) groups is 1. The first-order valence-corrected chi connectivity index (χ1v) is 5.70. The van der Waals surface area contributed by atoms with Crippen molar-refractivity contribution in [2.45, 2.75) is 19.3 Å². The van der Waals surface area contributed by atoms with Gasteiger partial charge in [0.25, 0.3) is 0 Å². The Morgan fingerprint density at radius 3 is 2.59 bits per heavy atom. The van der Waals surface area contributed by atoms with Crippen molar-refractivity contribution >= 4 is 11.9 Å². The molecule has 0 saturated carbocycles. The van der Waals surface area contributed by atoms with Gasteiger partial charge >= 0.3 is 6.03 Å². The van der Waals surface area contributed by atoms with Crippen LogP contribution in [-0.4, -0.2) is 55.7 Å². The number of urea groups is 1. The maximum absolute atomic E-state index is 11.1. The van der Waals surface area contributed by atoms with Gasteiger partial charge in [-0.3, -0.25) is 0 Å². The van der Waals surface area contributed by atoms with Crippen LogP contribution in [0.3, 0.4) is 0 Å². The van der Waals surface area contributed by atoms with Crippen LogP contribution in [0, 0.1) is 0 Å². The average Bonchev–Trinajstić information content (AvgIpc) is 2.31. The highest BCUT2D eigenvalue weighted by Crippen LogP contribution is 1.93. The van der Waals surface area contributed by atoms with Crippen LogP contribution < -0.4 is 16.4 Å². The smallest absolute Gasteiger partial charge is 0.316 e. The van der Waals surface area contributed by atoms with E-state index in [9.17, 15) is 4.79 Å². The van der Waals surface area contributed by atoms with E-state index in [1.54, 1.807) is 14.1 Å². The number of oxime groups is 1. The molecule has 0 aliphatic heterocycles. The van der Waals surface area contributed by atoms with Crippen LogP contribution in [0.4, 0.5) is 4.79 Å². The van der Waals surface area contributed by atoms with Gasteiger partial charge in [0, 0.05) is 33.6 Å². The van der Waals surface area contributed by atoms with Crippen molar-refractivity contribution in [3.8, 4) is 0 Å². The molecular weight excluding hydrogens is 222 g/mol. The second kappa shape index (κ2) is 9.71. The van der Waals surface area contributed by atoms with E-state index in [0.717, 1.165) is 25.9 Å². The molecule has 0 saturated heterocycles. The molecule has 7 heteroatoms. The highest BCUT2D eigenvalue weighted by Gasteiger charge is 2.00. The zero-order valence-electron chi connectivity index (χ0n) is 10.6. The summed E-state index contributed by atoms with van der Waals surface area (Å²) in [5, 5.41) is 17.1. The first-order valence-electron chi connectivity index (χ1n) is 5.70. The second-order valence-electron chi connectivity index (χ2n) is 3.92. The Labute approximate surface area is 102 Å². The van der Waals surface area contributed by atoms with Crippen molar-refractivity contribution < 1.29 is 10.0 Å². The third-order valence-corrected chi connectivity index (χ3v) is 2.15. The molecule has 0 aromatic carbocycles. The Kier molecular flexibility index (Phi) is 8.85. The quantitative estimate of drug-likeness (QED) is 0.156. The zero-order chi connectivity index (χ0) is 13.1. The lowest BCUT2D eigenvalue weighted by Crippen LogP contribution is -2.38. The number of hydrogen-bond donors (Lipinski definition) is 4. The van der Waals surface area contributed by atoms with Gasteiger partial charge in [0.15, 0.2) is 0 Å². The summed E-state index contributed by atoms with van der Waals surface area (Å²) in [5.74, 6) is 0.267. The van der Waals surface area contributed by atoms with Gasteiger partial charge in [0.05, 0.1) is 0 Å². The molecule has 0 radical (unpaired) electrons. The minimum absolute atomic E-state index is 0.0845. The summed E-state index contributed by atoms with van der Waals surface area (Å²) >= 11 is 0. The summed E-state index contributed by atoms with van der Waals surface area (Å²) in [6.45, 7) is 2.21. The van der Waals surface area contributed by atoms with Crippen LogP contribution in [-0.2, 0) is 0 Å². The Balaban J connectivity index is 3.22. The predicted molar refractivity (Wildman–Crippen MR) is 67.2 cm³/mol. The van der Waals surface area contributed by atoms with Crippen molar-refractivity contribution in [3.05, 3.63) is 0 Å². The minimum atomic E-state index is -0.0845. The molecule has 0 aliphatic carbocycles. The predicted octanol–water partition coefficient (Wildman–Crippen LogP) is -0.236. The maximum atomic E-state index is 11.1. The monoisotopic (exact) mass is 245 g/mol. The molecule has 0 spiro atoms. The van der Waals surface area contributed by atoms with Gasteiger partial charge in [-0.05, 0) is 19.4 Å². The van der Waals surface area contributed by atoms with Crippen LogP contribution in [0.25, 0.3) is 0 Å². The molecule has 0 atom stereocenters. The van der Waals surface area contributed by atoms with E-state index in [4.69, 9.17) is 10.9 Å². The molecule has 2 amide bonds. The molecule has 0 aromatic heterocycles. The standard InChI is InChI=1S/C10H23N5O2/c1-15(2)10(16)13-8-7-12-6-4-3-5-9(11)14-17/h12,17H,3-8H2,1-2H3,(H2,11,14)(H,13,16). The summed E-state index contributed by atoms with van der Waals surface area (Å²) < 4.78 is 0. The van der Waals surface area contributed by atoms with Gasteiger partial charge in [-0.2, -0.15) is 0 Å². The molecule has 17 heavy (non-hydrogen) atoms. The lowest BCUT2D eigenvalue weighted by molar-refractivity contribution is 0.217. The molecule has 0 aromatic rings. The van der Waals surface area contributed by atoms with Gasteiger partial charge in [-0.25, -0.2) is 4.79 Å². The van der Waals surface area contributed by atoms with Crippen molar-refractivity contribution in [1.29, 1.82) is 0 Å². The number of unbranched alkanes of at least 4 members (excludes halogenated alkanes) is 1. The van der Waals surface area contributed by atoms with Gasteiger partial charge in [0.2, 0.25) is 0 Å². The van der Waals surface area contributed by atoms with Crippen LogP contribution >= 0.6 is 0 Å². The van der Waals surface area contributed by atoms with Crippen molar-refractivity contribution in [3.63, 3.8) is 0 Å². The number of amidine groups is 1. The Morgan fingerprint density at radius 2 is 2.00 bits per heavy atom. The third-order valence-electron chi connectivity index (χ3n) is 2.15. The van der Waals surface area contributed by atoms with Gasteiger partial charge in [0.1, 0.15) is 5.84 Å². The molecule has 0 bridgehead atoms. The number of nitrogens with zero attached hydrogens (tertiary/aromatic N) is 2. The molecule has 0 heterocycles. The topological polar surface area (TPSA) is 103 Å². The first-order chi connectivity index (χ1) is 8.07. The number of nitrogens with one attached hydrogen (secondary N) is 2. The Hall–Kier alpha value is -1.50. The molecule has 100 valence electrons. The van der Waals surface area contributed by atoms with E-state index in [-0.39, 0.29) is 11.9 Å². The fourth-order valence-electron chi connectivity index (χ4n) is 1.15. The third kappa shape index (κ3) is 9.43. The first kappa shape index (κ1) is 15.5. The summed E-state index contributed by atoms with van der Waals surface area (Å²) in [7, 11) is 3.41. The largest absolute Gasteiger partial charge is 0.409 e. The molecule has 7 nitrogen and oxygen atoms in total. The zero-order valence-corrected chi connectivity index (χ0v) is 10.6. The maximum Gasteiger partial charge on any atom is 0.316 e. The average molecular weight is 245 g/mol. The highest BCUT2D eigenvalue weighted by atomic mass is 16.4. The van der Waals surface area contributed by atoms with E-state index in [1.165, 1.54) is 4.90 Å². The van der Waals surface area contributed by atoms with Crippen LogP contribution in [0.5, 0.6) is 0 Å². The SMILES string of the molecule is CN(C)C(=O)NCCNCCCCC(N)=NO. The molecular formula is C10H23N5O2. The molecule has 5 N–H and O–H groups in total. The molecule has 0 rings (SSSR count). The number of hydrogen-bond acceptors (Lipinski definition) is 4. The van der Waals surface area contributed by atoms with E-state index < -0.39 is 0 Å². The fraction of sp³-hybridized carbons (Fsp3) is 0.800. The number of amides is 2. The lowest BCUT2D eigenvalue weighted by Gasteiger charge is -2.12. The van der Waals surface area contributed by atoms with Gasteiger partial charge in [-0.1, -0.05) is 5.16 Å². The van der Waals surface area contributed by atoms with Crippen LogP contribution in [0.15, 0.2) is 5.16 Å². The Bertz CT molecular complexity index is 243. The number of carbonyl (C=O) groups excluding carboxylic acids is 1. The fourth-order valence-corrected chi connectivity index (χ4v) is 1.15. The summed E-state index contributed by atoms with van der Waals surface area (Å²) in [6, 6.07) is -0.0845. The van der Waals surface area contributed by atoms with E-state index in [1.807, 2.05) is 0 Å². The van der Waals surface area contributed by atoms with Gasteiger partial charge in [-0.15, -0.1) is 0 Å².